The molecular formula is C26H42ClNO5. The van der Waals surface area contributed by atoms with Crippen molar-refractivity contribution in [2.75, 3.05) is 20.7 Å². The summed E-state index contributed by atoms with van der Waals surface area (Å²) >= 11 is 6.05. The molecule has 1 N–H and O–H groups in total. The van der Waals surface area contributed by atoms with Crippen LogP contribution in [0.4, 0.5) is 0 Å². The molecular weight excluding hydrogens is 442 g/mol. The predicted molar refractivity (Wildman–Crippen MR) is 131 cm³/mol. The van der Waals surface area contributed by atoms with Gasteiger partial charge in [0.25, 0.3) is 0 Å². The van der Waals surface area contributed by atoms with E-state index in [1.54, 1.807) is 26.0 Å². The number of Topliss-reactive ketones (excluding diaryl/α,β-unsaturated/α-hetero) is 1. The Labute approximate surface area is 204 Å². The molecule has 1 saturated carbocycles. The number of rotatable bonds is 15. The maximum atomic E-state index is 12.8. The largest absolute Gasteiger partial charge is 0.392 e. The zero-order valence-electron chi connectivity index (χ0n) is 20.7. The van der Waals surface area contributed by atoms with Crippen LogP contribution in [0, 0.1) is 5.92 Å². The molecule has 0 aromatic carbocycles. The van der Waals surface area contributed by atoms with E-state index in [1.165, 1.54) is 37.6 Å². The minimum absolute atomic E-state index is 0.0141. The number of amides is 1. The van der Waals surface area contributed by atoms with E-state index in [2.05, 4.69) is 13.0 Å². The number of aliphatic hydroxyl groups is 1. The van der Waals surface area contributed by atoms with Crippen molar-refractivity contribution in [2.45, 2.75) is 102 Å². The van der Waals surface area contributed by atoms with Crippen molar-refractivity contribution in [3.8, 4) is 0 Å². The molecule has 0 radical (unpaired) electrons. The minimum atomic E-state index is -1.07. The highest BCUT2D eigenvalue weighted by Gasteiger charge is 2.68. The Morgan fingerprint density at radius 2 is 2.06 bits per heavy atom. The number of carbonyl (C=O) groups excluding carboxylic acids is 2. The third kappa shape index (κ3) is 7.38. The first-order chi connectivity index (χ1) is 15.8. The van der Waals surface area contributed by atoms with Crippen molar-refractivity contribution < 1.29 is 24.2 Å². The number of nitrogens with zero attached hydrogens (tertiary/aromatic N) is 1. The van der Waals surface area contributed by atoms with Gasteiger partial charge in [0.15, 0.2) is 11.4 Å². The van der Waals surface area contributed by atoms with Gasteiger partial charge in [-0.05, 0) is 19.3 Å². The van der Waals surface area contributed by atoms with Gasteiger partial charge in [0.05, 0.1) is 12.2 Å². The quantitative estimate of drug-likeness (QED) is 0.206. The number of fused-ring (bicyclic) bond motifs is 1. The number of halogens is 1. The second-order valence-corrected chi connectivity index (χ2v) is 9.71. The van der Waals surface area contributed by atoms with E-state index < -0.39 is 17.6 Å². The van der Waals surface area contributed by atoms with Crippen molar-refractivity contribution in [1.29, 1.82) is 0 Å². The fraction of sp³-hybridized carbons (Fsp3) is 0.769. The molecule has 1 saturated heterocycles. The number of unbranched alkanes of at least 4 members (excludes halogenated alkanes) is 4. The molecule has 7 heteroatoms. The zero-order valence-corrected chi connectivity index (χ0v) is 21.5. The highest BCUT2D eigenvalue weighted by molar-refractivity contribution is 6.26. The van der Waals surface area contributed by atoms with Crippen molar-refractivity contribution in [1.82, 2.24) is 4.90 Å². The standard InChI is InChI=1S/C26H42ClNO5/c1-5-6-7-8-10-13-21(32-4)14-11-9-12-15-24(30)28(3)18-20(17-27)26-23(33-26)16-22(29)19(2)25(26)31/h9,11,17,19,21-23,29H,5-8,10,12-16,18H2,1-4H3/b11-9+,20-17+/t19-,21-,22-,23+,26+/m0/s1. The number of epoxide rings is 1. The summed E-state index contributed by atoms with van der Waals surface area (Å²) in [5, 5.41) is 10.0. The van der Waals surface area contributed by atoms with E-state index in [4.69, 9.17) is 21.1 Å². The Bertz CT molecular complexity index is 709. The molecule has 1 heterocycles. The lowest BCUT2D eigenvalue weighted by Gasteiger charge is -2.29. The number of allylic oxidation sites excluding steroid dienone is 1. The predicted octanol–water partition coefficient (Wildman–Crippen LogP) is 4.78. The first kappa shape index (κ1) is 28.0. The van der Waals surface area contributed by atoms with Crippen LogP contribution in [-0.4, -0.2) is 66.3 Å². The van der Waals surface area contributed by atoms with Gasteiger partial charge in [0, 0.05) is 50.6 Å². The van der Waals surface area contributed by atoms with Gasteiger partial charge >= 0.3 is 0 Å². The van der Waals surface area contributed by atoms with E-state index >= 15 is 0 Å². The highest BCUT2D eigenvalue weighted by atomic mass is 35.5. The van der Waals surface area contributed by atoms with E-state index in [0.29, 0.717) is 24.8 Å². The second kappa shape index (κ2) is 13.6. The molecule has 33 heavy (non-hydrogen) atoms. The molecule has 2 fully saturated rings. The van der Waals surface area contributed by atoms with E-state index in [9.17, 15) is 14.7 Å². The van der Waals surface area contributed by atoms with Crippen molar-refractivity contribution in [3.05, 3.63) is 23.3 Å². The average molecular weight is 484 g/mol. The van der Waals surface area contributed by atoms with Crippen LogP contribution in [0.1, 0.15) is 78.1 Å². The van der Waals surface area contributed by atoms with E-state index in [1.807, 2.05) is 6.08 Å². The first-order valence-electron chi connectivity index (χ1n) is 12.4. The third-order valence-electron chi connectivity index (χ3n) is 7.03. The average Bonchev–Trinajstić information content (AvgIpc) is 3.53. The maximum Gasteiger partial charge on any atom is 0.222 e. The fourth-order valence-electron chi connectivity index (χ4n) is 4.65. The third-order valence-corrected chi connectivity index (χ3v) is 7.30. The summed E-state index contributed by atoms with van der Waals surface area (Å²) in [6, 6.07) is 0. The molecule has 1 aliphatic carbocycles. The lowest BCUT2D eigenvalue weighted by molar-refractivity contribution is -0.132. The Morgan fingerprint density at radius 1 is 1.33 bits per heavy atom. The van der Waals surface area contributed by atoms with Crippen LogP contribution in [0.25, 0.3) is 0 Å². The fourth-order valence-corrected chi connectivity index (χ4v) is 4.88. The topological polar surface area (TPSA) is 79.4 Å². The van der Waals surface area contributed by atoms with Crippen LogP contribution in [0.3, 0.4) is 0 Å². The summed E-state index contributed by atoms with van der Waals surface area (Å²) in [7, 11) is 3.47. The molecule has 0 spiro atoms. The molecule has 188 valence electrons. The van der Waals surface area contributed by atoms with Crippen molar-refractivity contribution in [2.24, 2.45) is 5.92 Å². The number of carbonyl (C=O) groups is 2. The summed E-state index contributed by atoms with van der Waals surface area (Å²) in [5.41, 5.74) is 0.880. The molecule has 0 unspecified atom stereocenters. The van der Waals surface area contributed by atoms with Gasteiger partial charge in [-0.1, -0.05) is 69.7 Å². The summed E-state index contributed by atoms with van der Waals surface area (Å²) in [6.07, 6.45) is 13.0. The second-order valence-electron chi connectivity index (χ2n) is 9.49. The highest BCUT2D eigenvalue weighted by Crippen LogP contribution is 2.52. The molecule has 2 rings (SSSR count). The Balaban J connectivity index is 1.73. The zero-order chi connectivity index (χ0) is 24.4. The lowest BCUT2D eigenvalue weighted by atomic mass is 9.75. The number of aliphatic hydroxyl groups excluding tert-OH is 1. The number of methoxy groups -OCH3 is 1. The molecule has 0 aromatic heterocycles. The SMILES string of the molecule is CCCCCCC[C@@H](C/C=C/CCC(=O)N(C)C/C(=C\Cl)[C@@]12O[C@@H]1C[C@H](O)[C@H](C)C2=O)OC. The van der Waals surface area contributed by atoms with Crippen LogP contribution in [0.2, 0.25) is 0 Å². The number of ketones is 1. The minimum Gasteiger partial charge on any atom is -0.392 e. The number of likely N-dealkylation sites (N-methyl/N-ethyl adjacent to an activating group) is 1. The first-order valence-corrected chi connectivity index (χ1v) is 12.9. The van der Waals surface area contributed by atoms with Crippen molar-refractivity contribution in [3.63, 3.8) is 0 Å². The number of ether oxygens (including phenoxy) is 2. The van der Waals surface area contributed by atoms with Crippen LogP contribution >= 0.6 is 11.6 Å². The van der Waals surface area contributed by atoms with Gasteiger partial charge in [-0.25, -0.2) is 0 Å². The number of hydrogen-bond acceptors (Lipinski definition) is 5. The molecule has 6 nitrogen and oxygen atoms in total. The molecule has 2 aliphatic rings. The van der Waals surface area contributed by atoms with Crippen LogP contribution in [0.5, 0.6) is 0 Å². The molecule has 0 aromatic rings. The van der Waals surface area contributed by atoms with Crippen LogP contribution in [-0.2, 0) is 19.1 Å². The number of hydrogen-bond donors (Lipinski definition) is 1. The molecule has 5 atom stereocenters. The summed E-state index contributed by atoms with van der Waals surface area (Å²) in [4.78, 5) is 27.0. The van der Waals surface area contributed by atoms with Gasteiger partial charge in [-0.15, -0.1) is 0 Å². The Kier molecular flexibility index (Phi) is 11.6. The van der Waals surface area contributed by atoms with Gasteiger partial charge in [0.1, 0.15) is 6.10 Å². The Hall–Kier alpha value is -1.21. The monoisotopic (exact) mass is 483 g/mol. The summed E-state index contributed by atoms with van der Waals surface area (Å²) in [5.74, 6) is -0.673. The van der Waals surface area contributed by atoms with Gasteiger partial charge in [-0.3, -0.25) is 9.59 Å². The van der Waals surface area contributed by atoms with Crippen LogP contribution in [0.15, 0.2) is 23.3 Å². The van der Waals surface area contributed by atoms with E-state index in [-0.39, 0.29) is 30.4 Å². The smallest absolute Gasteiger partial charge is 0.222 e. The lowest BCUT2D eigenvalue weighted by Crippen LogP contribution is -2.46. The summed E-state index contributed by atoms with van der Waals surface area (Å²) in [6.45, 7) is 4.17. The molecule has 0 bridgehead atoms. The maximum absolute atomic E-state index is 12.8. The molecule has 1 aliphatic heterocycles. The molecule has 1 amide bonds. The van der Waals surface area contributed by atoms with Crippen molar-refractivity contribution >= 4 is 23.3 Å². The van der Waals surface area contributed by atoms with Crippen LogP contribution < -0.4 is 0 Å². The van der Waals surface area contributed by atoms with E-state index in [0.717, 1.165) is 12.8 Å². The Morgan fingerprint density at radius 3 is 2.73 bits per heavy atom. The summed E-state index contributed by atoms with van der Waals surface area (Å²) < 4.78 is 11.3. The van der Waals surface area contributed by atoms with Gasteiger partial charge < -0.3 is 19.5 Å². The normalized spacial score (nSPS) is 28.1. The van der Waals surface area contributed by atoms with Gasteiger partial charge in [-0.2, -0.15) is 0 Å². The van der Waals surface area contributed by atoms with Gasteiger partial charge in [0.2, 0.25) is 5.91 Å².